The van der Waals surface area contributed by atoms with Crippen LogP contribution in [-0.2, 0) is 11.3 Å². The standard InChI is InChI=1S/C15H22N2O3/c1-3-5-11(6-4-2)14(18)17-10-13-9-12(15(19)20)7-8-16-13/h7-9,11H,3-6,10H2,1-2H3,(H,17,18)(H,19,20). The van der Waals surface area contributed by atoms with Gasteiger partial charge < -0.3 is 10.4 Å². The third kappa shape index (κ3) is 4.99. The Kier molecular flexibility index (Phi) is 6.70. The van der Waals surface area contributed by atoms with Crippen molar-refractivity contribution in [3.05, 3.63) is 29.6 Å². The van der Waals surface area contributed by atoms with Gasteiger partial charge in [0.15, 0.2) is 0 Å². The Hall–Kier alpha value is -1.91. The van der Waals surface area contributed by atoms with Gasteiger partial charge in [-0.15, -0.1) is 0 Å². The molecule has 110 valence electrons. The molecule has 0 saturated heterocycles. The fourth-order valence-corrected chi connectivity index (χ4v) is 2.13. The molecule has 0 unspecified atom stereocenters. The molecule has 5 nitrogen and oxygen atoms in total. The van der Waals surface area contributed by atoms with E-state index in [9.17, 15) is 9.59 Å². The average molecular weight is 278 g/mol. The number of nitrogens with one attached hydrogen (secondary N) is 1. The van der Waals surface area contributed by atoms with Crippen molar-refractivity contribution >= 4 is 11.9 Å². The highest BCUT2D eigenvalue weighted by Gasteiger charge is 2.16. The quantitative estimate of drug-likeness (QED) is 0.766. The van der Waals surface area contributed by atoms with E-state index in [4.69, 9.17) is 5.11 Å². The minimum Gasteiger partial charge on any atom is -0.478 e. The number of nitrogens with zero attached hydrogens (tertiary/aromatic N) is 1. The summed E-state index contributed by atoms with van der Waals surface area (Å²) in [5.74, 6) is -0.932. The molecule has 0 fully saturated rings. The summed E-state index contributed by atoms with van der Waals surface area (Å²) in [4.78, 5) is 27.0. The number of pyridine rings is 1. The smallest absolute Gasteiger partial charge is 0.335 e. The van der Waals surface area contributed by atoms with Crippen LogP contribution in [0.25, 0.3) is 0 Å². The highest BCUT2D eigenvalue weighted by Crippen LogP contribution is 2.13. The molecule has 0 spiro atoms. The lowest BCUT2D eigenvalue weighted by molar-refractivity contribution is -0.125. The SMILES string of the molecule is CCCC(CCC)C(=O)NCc1cc(C(=O)O)ccn1. The number of aromatic nitrogens is 1. The van der Waals surface area contributed by atoms with Crippen LogP contribution in [0.3, 0.4) is 0 Å². The molecule has 1 amide bonds. The second-order valence-electron chi connectivity index (χ2n) is 4.83. The lowest BCUT2D eigenvalue weighted by Gasteiger charge is -2.15. The van der Waals surface area contributed by atoms with Crippen molar-refractivity contribution in [3.63, 3.8) is 0 Å². The molecule has 0 saturated carbocycles. The van der Waals surface area contributed by atoms with Gasteiger partial charge in [0.1, 0.15) is 0 Å². The van der Waals surface area contributed by atoms with E-state index in [2.05, 4.69) is 24.1 Å². The number of carbonyl (C=O) groups excluding carboxylic acids is 1. The van der Waals surface area contributed by atoms with Crippen LogP contribution in [-0.4, -0.2) is 22.0 Å². The maximum atomic E-state index is 12.1. The molecule has 5 heteroatoms. The third-order valence-electron chi connectivity index (χ3n) is 3.15. The van der Waals surface area contributed by atoms with E-state index in [-0.39, 0.29) is 23.9 Å². The normalized spacial score (nSPS) is 10.6. The summed E-state index contributed by atoms with van der Waals surface area (Å²) in [5.41, 5.74) is 0.743. The van der Waals surface area contributed by atoms with E-state index in [1.54, 1.807) is 0 Å². The van der Waals surface area contributed by atoms with Gasteiger partial charge in [-0.1, -0.05) is 26.7 Å². The summed E-state index contributed by atoms with van der Waals surface area (Å²) < 4.78 is 0. The molecule has 2 N–H and O–H groups in total. The summed E-state index contributed by atoms with van der Waals surface area (Å²) in [6.07, 6.45) is 5.15. The molecular formula is C15H22N2O3. The zero-order valence-electron chi connectivity index (χ0n) is 12.1. The molecule has 0 bridgehead atoms. The highest BCUT2D eigenvalue weighted by atomic mass is 16.4. The van der Waals surface area contributed by atoms with Crippen LogP contribution >= 0.6 is 0 Å². The van der Waals surface area contributed by atoms with Crippen molar-refractivity contribution in [2.24, 2.45) is 5.92 Å². The van der Waals surface area contributed by atoms with E-state index >= 15 is 0 Å². The maximum Gasteiger partial charge on any atom is 0.335 e. The monoisotopic (exact) mass is 278 g/mol. The van der Waals surface area contributed by atoms with Gasteiger partial charge in [0, 0.05) is 12.1 Å². The topological polar surface area (TPSA) is 79.3 Å². The molecule has 0 atom stereocenters. The van der Waals surface area contributed by atoms with Crippen molar-refractivity contribution in [3.8, 4) is 0 Å². The Morgan fingerprint density at radius 2 is 1.95 bits per heavy atom. The molecular weight excluding hydrogens is 256 g/mol. The Bertz CT molecular complexity index is 454. The van der Waals surface area contributed by atoms with Crippen molar-refractivity contribution in [1.82, 2.24) is 10.3 Å². The number of hydrogen-bond acceptors (Lipinski definition) is 3. The van der Waals surface area contributed by atoms with Crippen LogP contribution < -0.4 is 5.32 Å². The molecule has 0 aromatic carbocycles. The maximum absolute atomic E-state index is 12.1. The fraction of sp³-hybridized carbons (Fsp3) is 0.533. The summed E-state index contributed by atoms with van der Waals surface area (Å²) in [5, 5.41) is 11.7. The zero-order valence-corrected chi connectivity index (χ0v) is 12.1. The van der Waals surface area contributed by atoms with Gasteiger partial charge in [0.05, 0.1) is 17.8 Å². The van der Waals surface area contributed by atoms with Gasteiger partial charge in [0.25, 0.3) is 0 Å². The molecule has 1 heterocycles. The predicted octanol–water partition coefficient (Wildman–Crippen LogP) is 2.61. The van der Waals surface area contributed by atoms with Crippen LogP contribution in [0.4, 0.5) is 0 Å². The van der Waals surface area contributed by atoms with E-state index in [1.165, 1.54) is 18.3 Å². The van der Waals surface area contributed by atoms with Gasteiger partial charge in [-0.2, -0.15) is 0 Å². The van der Waals surface area contributed by atoms with Crippen LogP contribution in [0.1, 0.15) is 55.6 Å². The predicted molar refractivity (Wildman–Crippen MR) is 76.3 cm³/mol. The number of hydrogen-bond donors (Lipinski definition) is 2. The molecule has 0 aliphatic rings. The molecule has 1 aromatic heterocycles. The average Bonchev–Trinajstić information content (AvgIpc) is 2.45. The molecule has 20 heavy (non-hydrogen) atoms. The molecule has 1 aromatic rings. The lowest BCUT2D eigenvalue weighted by atomic mass is 9.97. The first-order chi connectivity index (χ1) is 9.58. The molecule has 1 rings (SSSR count). The van der Waals surface area contributed by atoms with E-state index in [1.807, 2.05) is 0 Å². The lowest BCUT2D eigenvalue weighted by Crippen LogP contribution is -2.30. The van der Waals surface area contributed by atoms with Gasteiger partial charge >= 0.3 is 5.97 Å². The Labute approximate surface area is 119 Å². The summed E-state index contributed by atoms with van der Waals surface area (Å²) in [7, 11) is 0. The largest absolute Gasteiger partial charge is 0.478 e. The number of carboxylic acids is 1. The Balaban J connectivity index is 2.59. The van der Waals surface area contributed by atoms with Crippen molar-refractivity contribution < 1.29 is 14.7 Å². The number of carbonyl (C=O) groups is 2. The van der Waals surface area contributed by atoms with Gasteiger partial charge in [-0.3, -0.25) is 9.78 Å². The molecule has 0 radical (unpaired) electrons. The summed E-state index contributed by atoms with van der Waals surface area (Å²) in [6, 6.07) is 2.92. The number of rotatable bonds is 8. The Morgan fingerprint density at radius 3 is 2.50 bits per heavy atom. The molecule has 0 aliphatic carbocycles. The minimum atomic E-state index is -0.991. The van der Waals surface area contributed by atoms with E-state index in [0.717, 1.165) is 25.7 Å². The van der Waals surface area contributed by atoms with Gasteiger partial charge in [0.2, 0.25) is 5.91 Å². The summed E-state index contributed by atoms with van der Waals surface area (Å²) in [6.45, 7) is 4.39. The molecule has 0 aliphatic heterocycles. The summed E-state index contributed by atoms with van der Waals surface area (Å²) >= 11 is 0. The van der Waals surface area contributed by atoms with Crippen LogP contribution in [0, 0.1) is 5.92 Å². The van der Waals surface area contributed by atoms with Crippen molar-refractivity contribution in [1.29, 1.82) is 0 Å². The first-order valence-electron chi connectivity index (χ1n) is 7.04. The van der Waals surface area contributed by atoms with E-state index in [0.29, 0.717) is 5.69 Å². The zero-order chi connectivity index (χ0) is 15.0. The van der Waals surface area contributed by atoms with Gasteiger partial charge in [-0.05, 0) is 25.0 Å². The highest BCUT2D eigenvalue weighted by molar-refractivity contribution is 5.87. The Morgan fingerprint density at radius 1 is 1.30 bits per heavy atom. The first kappa shape index (κ1) is 16.1. The fourth-order valence-electron chi connectivity index (χ4n) is 2.13. The minimum absolute atomic E-state index is 0.0243. The van der Waals surface area contributed by atoms with Crippen molar-refractivity contribution in [2.75, 3.05) is 0 Å². The van der Waals surface area contributed by atoms with Crippen LogP contribution in [0.15, 0.2) is 18.3 Å². The number of carboxylic acid groups (broad SMARTS) is 1. The van der Waals surface area contributed by atoms with E-state index < -0.39 is 5.97 Å². The number of amides is 1. The second kappa shape index (κ2) is 8.30. The van der Waals surface area contributed by atoms with Gasteiger partial charge in [-0.25, -0.2) is 4.79 Å². The first-order valence-corrected chi connectivity index (χ1v) is 7.04. The second-order valence-corrected chi connectivity index (χ2v) is 4.83. The van der Waals surface area contributed by atoms with Crippen LogP contribution in [0.2, 0.25) is 0 Å². The van der Waals surface area contributed by atoms with Crippen molar-refractivity contribution in [2.45, 2.75) is 46.1 Å². The van der Waals surface area contributed by atoms with Crippen LogP contribution in [0.5, 0.6) is 0 Å². The third-order valence-corrected chi connectivity index (χ3v) is 3.15. The number of aromatic carboxylic acids is 1.